The second-order valence-electron chi connectivity index (χ2n) is 5.01. The van der Waals surface area contributed by atoms with Gasteiger partial charge in [-0.15, -0.1) is 0 Å². The molecule has 0 bridgehead atoms. The van der Waals surface area contributed by atoms with E-state index in [4.69, 9.17) is 0 Å². The van der Waals surface area contributed by atoms with Crippen molar-refractivity contribution < 1.29 is 4.79 Å². The minimum atomic E-state index is -0.120. The summed E-state index contributed by atoms with van der Waals surface area (Å²) in [7, 11) is 0. The van der Waals surface area contributed by atoms with Crippen LogP contribution in [0.5, 0.6) is 0 Å². The Hall–Kier alpha value is -2.95. The number of hydrogen-bond donors (Lipinski definition) is 2. The second kappa shape index (κ2) is 6.22. The van der Waals surface area contributed by atoms with E-state index in [2.05, 4.69) is 20.5 Å². The highest BCUT2D eigenvalue weighted by Crippen LogP contribution is 2.15. The van der Waals surface area contributed by atoms with E-state index in [1.807, 2.05) is 61.5 Å². The van der Waals surface area contributed by atoms with Crippen LogP contribution in [0.3, 0.4) is 0 Å². The summed E-state index contributed by atoms with van der Waals surface area (Å²) in [5.74, 6) is 1.02. The molecule has 110 valence electrons. The maximum Gasteiger partial charge on any atom is 0.232 e. The van der Waals surface area contributed by atoms with Gasteiger partial charge in [0, 0.05) is 11.3 Å². The highest BCUT2D eigenvalue weighted by atomic mass is 16.1. The first-order chi connectivity index (χ1) is 10.7. The van der Waals surface area contributed by atoms with Crippen LogP contribution in [0.2, 0.25) is 0 Å². The second-order valence-corrected chi connectivity index (χ2v) is 5.01. The van der Waals surface area contributed by atoms with E-state index in [9.17, 15) is 4.79 Å². The Morgan fingerprint density at radius 1 is 1.09 bits per heavy atom. The molecule has 3 aromatic rings. The monoisotopic (exact) mass is 292 g/mol. The predicted octanol–water partition coefficient (Wildman–Crippen LogP) is 2.96. The number of carbonyl (C=O) groups excluding carboxylic acids is 1. The van der Waals surface area contributed by atoms with Gasteiger partial charge in [0.1, 0.15) is 5.82 Å². The van der Waals surface area contributed by atoms with Crippen LogP contribution in [0.4, 0.5) is 5.69 Å². The number of benzene rings is 2. The Balaban J connectivity index is 1.68. The Morgan fingerprint density at radius 3 is 2.59 bits per heavy atom. The number of para-hydroxylation sites is 1. The number of hydrogen-bond acceptors (Lipinski definition) is 3. The van der Waals surface area contributed by atoms with Crippen molar-refractivity contribution in [3.05, 3.63) is 66.0 Å². The zero-order valence-electron chi connectivity index (χ0n) is 12.2. The molecule has 0 atom stereocenters. The lowest BCUT2D eigenvalue weighted by Gasteiger charge is -2.06. The summed E-state index contributed by atoms with van der Waals surface area (Å²) in [5, 5.41) is 9.84. The summed E-state index contributed by atoms with van der Waals surface area (Å²) >= 11 is 0. The minimum absolute atomic E-state index is 0.120. The highest BCUT2D eigenvalue weighted by Gasteiger charge is 2.10. The standard InChI is InChI=1S/C17H16N4O/c1-12-7-5-6-10-14(12)18-16(22)11-15-19-17(21-20-15)13-8-3-2-4-9-13/h2-10H,11H2,1H3,(H,18,22)(H,19,20,21). The molecule has 2 N–H and O–H groups in total. The van der Waals surface area contributed by atoms with Crippen molar-refractivity contribution in [2.75, 3.05) is 5.32 Å². The number of nitrogens with one attached hydrogen (secondary N) is 2. The van der Waals surface area contributed by atoms with E-state index in [-0.39, 0.29) is 12.3 Å². The van der Waals surface area contributed by atoms with Crippen molar-refractivity contribution >= 4 is 11.6 Å². The lowest BCUT2D eigenvalue weighted by molar-refractivity contribution is -0.115. The van der Waals surface area contributed by atoms with E-state index >= 15 is 0 Å². The molecule has 0 aliphatic rings. The molecule has 0 saturated carbocycles. The van der Waals surface area contributed by atoms with Crippen molar-refractivity contribution in [1.82, 2.24) is 15.2 Å². The first-order valence-corrected chi connectivity index (χ1v) is 7.04. The lowest BCUT2D eigenvalue weighted by Crippen LogP contribution is -2.15. The van der Waals surface area contributed by atoms with Gasteiger partial charge in [-0.05, 0) is 18.6 Å². The number of rotatable bonds is 4. The summed E-state index contributed by atoms with van der Waals surface area (Å²) in [6.45, 7) is 1.96. The summed E-state index contributed by atoms with van der Waals surface area (Å²) in [4.78, 5) is 16.4. The molecule has 1 heterocycles. The van der Waals surface area contributed by atoms with Gasteiger partial charge in [-0.25, -0.2) is 4.98 Å². The largest absolute Gasteiger partial charge is 0.325 e. The van der Waals surface area contributed by atoms with E-state index < -0.39 is 0 Å². The number of amides is 1. The fraction of sp³-hybridized carbons (Fsp3) is 0.118. The van der Waals surface area contributed by atoms with Crippen LogP contribution in [0.15, 0.2) is 54.6 Å². The van der Waals surface area contributed by atoms with E-state index in [0.717, 1.165) is 16.8 Å². The molecule has 1 aromatic heterocycles. The molecule has 22 heavy (non-hydrogen) atoms. The van der Waals surface area contributed by atoms with Crippen LogP contribution in [-0.2, 0) is 11.2 Å². The number of aryl methyl sites for hydroxylation is 1. The number of H-pyrrole nitrogens is 1. The van der Waals surface area contributed by atoms with Crippen LogP contribution in [0, 0.1) is 6.92 Å². The fourth-order valence-electron chi connectivity index (χ4n) is 2.15. The van der Waals surface area contributed by atoms with Gasteiger partial charge < -0.3 is 5.32 Å². The SMILES string of the molecule is Cc1ccccc1NC(=O)Cc1nc(-c2ccccc2)n[nH]1. The van der Waals surface area contributed by atoms with Crippen molar-refractivity contribution in [2.24, 2.45) is 0 Å². The van der Waals surface area contributed by atoms with Crippen LogP contribution in [-0.4, -0.2) is 21.1 Å². The van der Waals surface area contributed by atoms with Gasteiger partial charge in [-0.1, -0.05) is 48.5 Å². The van der Waals surface area contributed by atoms with Crippen LogP contribution >= 0.6 is 0 Å². The van der Waals surface area contributed by atoms with Gasteiger partial charge in [-0.2, -0.15) is 5.10 Å². The first-order valence-electron chi connectivity index (χ1n) is 7.04. The molecular formula is C17H16N4O. The van der Waals surface area contributed by atoms with E-state index in [0.29, 0.717) is 11.6 Å². The quantitative estimate of drug-likeness (QED) is 0.776. The molecule has 0 fully saturated rings. The molecule has 0 aliphatic heterocycles. The van der Waals surface area contributed by atoms with Crippen LogP contribution in [0.25, 0.3) is 11.4 Å². The van der Waals surface area contributed by atoms with E-state index in [1.54, 1.807) is 0 Å². The normalized spacial score (nSPS) is 10.4. The first kappa shape index (κ1) is 14.0. The molecule has 2 aromatic carbocycles. The topological polar surface area (TPSA) is 70.7 Å². The number of aromatic nitrogens is 3. The average Bonchev–Trinajstić information content (AvgIpc) is 2.99. The van der Waals surface area contributed by atoms with Gasteiger partial charge in [0.2, 0.25) is 5.91 Å². The third-order valence-electron chi connectivity index (χ3n) is 3.31. The van der Waals surface area contributed by atoms with Gasteiger partial charge in [0.05, 0.1) is 6.42 Å². The van der Waals surface area contributed by atoms with Gasteiger partial charge >= 0.3 is 0 Å². The van der Waals surface area contributed by atoms with Crippen LogP contribution in [0.1, 0.15) is 11.4 Å². The van der Waals surface area contributed by atoms with Gasteiger partial charge in [0.25, 0.3) is 0 Å². The summed E-state index contributed by atoms with van der Waals surface area (Å²) in [5.41, 5.74) is 2.76. The molecule has 5 nitrogen and oxygen atoms in total. The minimum Gasteiger partial charge on any atom is -0.325 e. The Bertz CT molecular complexity index is 780. The number of aromatic amines is 1. The maximum absolute atomic E-state index is 12.1. The molecule has 5 heteroatoms. The van der Waals surface area contributed by atoms with Gasteiger partial charge in [-0.3, -0.25) is 9.89 Å². The Kier molecular flexibility index (Phi) is 3.96. The predicted molar refractivity (Wildman–Crippen MR) is 85.3 cm³/mol. The molecule has 0 unspecified atom stereocenters. The van der Waals surface area contributed by atoms with Crippen molar-refractivity contribution in [3.8, 4) is 11.4 Å². The Labute approximate surface area is 128 Å². The zero-order chi connectivity index (χ0) is 15.4. The fourth-order valence-corrected chi connectivity index (χ4v) is 2.15. The molecular weight excluding hydrogens is 276 g/mol. The summed E-state index contributed by atoms with van der Waals surface area (Å²) in [6.07, 6.45) is 0.161. The molecule has 0 aliphatic carbocycles. The van der Waals surface area contributed by atoms with Crippen molar-refractivity contribution in [2.45, 2.75) is 13.3 Å². The van der Waals surface area contributed by atoms with E-state index in [1.165, 1.54) is 0 Å². The molecule has 1 amide bonds. The highest BCUT2D eigenvalue weighted by molar-refractivity contribution is 5.92. The molecule has 3 rings (SSSR count). The number of anilines is 1. The molecule has 0 spiro atoms. The summed E-state index contributed by atoms with van der Waals surface area (Å²) < 4.78 is 0. The lowest BCUT2D eigenvalue weighted by atomic mass is 10.2. The molecule has 0 saturated heterocycles. The van der Waals surface area contributed by atoms with Gasteiger partial charge in [0.15, 0.2) is 5.82 Å². The smallest absolute Gasteiger partial charge is 0.232 e. The Morgan fingerprint density at radius 2 is 1.82 bits per heavy atom. The third-order valence-corrected chi connectivity index (χ3v) is 3.31. The van der Waals surface area contributed by atoms with Crippen LogP contribution < -0.4 is 5.32 Å². The maximum atomic E-state index is 12.1. The number of nitrogens with zero attached hydrogens (tertiary/aromatic N) is 2. The van der Waals surface area contributed by atoms with Crippen molar-refractivity contribution in [1.29, 1.82) is 0 Å². The van der Waals surface area contributed by atoms with Crippen molar-refractivity contribution in [3.63, 3.8) is 0 Å². The number of carbonyl (C=O) groups is 1. The average molecular weight is 292 g/mol. The summed E-state index contributed by atoms with van der Waals surface area (Å²) in [6, 6.07) is 17.3. The zero-order valence-corrected chi connectivity index (χ0v) is 12.2. The third kappa shape index (κ3) is 3.20. The molecule has 0 radical (unpaired) electrons.